The van der Waals surface area contributed by atoms with E-state index in [0.717, 1.165) is 12.8 Å². The summed E-state index contributed by atoms with van der Waals surface area (Å²) in [6.45, 7) is 6.20. The van der Waals surface area contributed by atoms with Gasteiger partial charge >= 0.3 is 0 Å². The van der Waals surface area contributed by atoms with Gasteiger partial charge in [0, 0.05) is 17.8 Å². The van der Waals surface area contributed by atoms with Crippen LogP contribution in [0, 0.1) is 5.82 Å². The summed E-state index contributed by atoms with van der Waals surface area (Å²) in [6.07, 6.45) is 2.23. The van der Waals surface area contributed by atoms with Gasteiger partial charge in [-0.3, -0.25) is 9.69 Å². The number of benzene rings is 1. The van der Waals surface area contributed by atoms with E-state index in [2.05, 4.69) is 40.0 Å². The molecular weight excluding hydrogens is 323 g/mol. The highest BCUT2D eigenvalue weighted by molar-refractivity contribution is 9.10. The topological polar surface area (TPSA) is 32.3 Å². The van der Waals surface area contributed by atoms with Gasteiger partial charge in [0.15, 0.2) is 0 Å². The molecule has 1 N–H and O–H groups in total. The Morgan fingerprint density at radius 3 is 2.55 bits per heavy atom. The molecule has 1 aromatic carbocycles. The molecule has 1 aliphatic rings. The van der Waals surface area contributed by atoms with Gasteiger partial charge in [0.1, 0.15) is 5.82 Å². The Hall–Kier alpha value is -0.940. The number of carbonyl (C=O) groups excluding carboxylic acids is 1. The molecule has 0 aliphatic carbocycles. The maximum atomic E-state index is 13.4. The van der Waals surface area contributed by atoms with Crippen molar-refractivity contribution in [1.29, 1.82) is 0 Å². The summed E-state index contributed by atoms with van der Waals surface area (Å²) in [4.78, 5) is 14.5. The van der Waals surface area contributed by atoms with Crippen molar-refractivity contribution in [3.8, 4) is 0 Å². The van der Waals surface area contributed by atoms with Gasteiger partial charge in [0.2, 0.25) is 5.91 Å². The van der Waals surface area contributed by atoms with Crippen LogP contribution in [0.1, 0.15) is 33.6 Å². The van der Waals surface area contributed by atoms with Crippen molar-refractivity contribution in [2.45, 2.75) is 51.7 Å². The van der Waals surface area contributed by atoms with Crippen molar-refractivity contribution >= 4 is 27.5 Å². The van der Waals surface area contributed by atoms with E-state index in [1.165, 1.54) is 6.07 Å². The van der Waals surface area contributed by atoms with Gasteiger partial charge in [-0.05, 0) is 67.7 Å². The Morgan fingerprint density at radius 2 is 2.00 bits per heavy atom. The lowest BCUT2D eigenvalue weighted by molar-refractivity contribution is -0.121. The van der Waals surface area contributed by atoms with Crippen molar-refractivity contribution in [3.63, 3.8) is 0 Å². The molecule has 0 spiro atoms. The summed E-state index contributed by atoms with van der Waals surface area (Å²) in [5.74, 6) is -0.467. The van der Waals surface area contributed by atoms with E-state index in [0.29, 0.717) is 22.2 Å². The first-order valence-electron chi connectivity index (χ1n) is 6.93. The van der Waals surface area contributed by atoms with Crippen molar-refractivity contribution in [1.82, 2.24) is 4.90 Å². The Morgan fingerprint density at radius 1 is 1.40 bits per heavy atom. The van der Waals surface area contributed by atoms with E-state index in [4.69, 9.17) is 0 Å². The van der Waals surface area contributed by atoms with Crippen LogP contribution in [0.2, 0.25) is 0 Å². The number of nitrogens with zero attached hydrogens (tertiary/aromatic N) is 1. The zero-order chi connectivity index (χ0) is 14.9. The standard InChI is InChI=1S/C15H20BrFN2O/c1-9-4-5-10(2)19(9)11(3)15(20)18-12-6-7-13(16)14(17)8-12/h6-11H,4-5H2,1-3H3,(H,18,20). The number of hydrogen-bond acceptors (Lipinski definition) is 2. The van der Waals surface area contributed by atoms with Gasteiger partial charge in [0.25, 0.3) is 0 Å². The Labute approximate surface area is 127 Å². The number of nitrogens with one attached hydrogen (secondary N) is 1. The number of hydrogen-bond donors (Lipinski definition) is 1. The number of amides is 1. The predicted octanol–water partition coefficient (Wildman–Crippen LogP) is 3.79. The third-order valence-corrected chi connectivity index (χ3v) is 4.68. The molecule has 0 radical (unpaired) electrons. The minimum Gasteiger partial charge on any atom is -0.325 e. The van der Waals surface area contributed by atoms with Crippen molar-refractivity contribution in [2.24, 2.45) is 0 Å². The Bertz CT molecular complexity index is 499. The lowest BCUT2D eigenvalue weighted by atomic mass is 10.2. The fourth-order valence-corrected chi connectivity index (χ4v) is 3.18. The third kappa shape index (κ3) is 3.20. The first-order chi connectivity index (χ1) is 9.40. The molecule has 0 bridgehead atoms. The zero-order valence-corrected chi connectivity index (χ0v) is 13.6. The second-order valence-electron chi connectivity index (χ2n) is 5.52. The number of halogens is 2. The van der Waals surface area contributed by atoms with Crippen molar-refractivity contribution < 1.29 is 9.18 Å². The molecule has 1 fully saturated rings. The van der Waals surface area contributed by atoms with Crippen LogP contribution in [0.3, 0.4) is 0 Å². The van der Waals surface area contributed by atoms with E-state index in [-0.39, 0.29) is 17.8 Å². The Balaban J connectivity index is 2.05. The molecule has 1 aliphatic heterocycles. The SMILES string of the molecule is CC1CCC(C)N1C(C)C(=O)Nc1ccc(Br)c(F)c1. The lowest BCUT2D eigenvalue weighted by Gasteiger charge is -2.31. The highest BCUT2D eigenvalue weighted by Crippen LogP contribution is 2.26. The fraction of sp³-hybridized carbons (Fsp3) is 0.533. The molecule has 1 aromatic rings. The lowest BCUT2D eigenvalue weighted by Crippen LogP contribution is -2.46. The van der Waals surface area contributed by atoms with E-state index in [1.54, 1.807) is 12.1 Å². The van der Waals surface area contributed by atoms with Gasteiger partial charge in [-0.1, -0.05) is 0 Å². The van der Waals surface area contributed by atoms with E-state index in [9.17, 15) is 9.18 Å². The minimum atomic E-state index is -0.377. The van der Waals surface area contributed by atoms with Gasteiger partial charge in [0.05, 0.1) is 10.5 Å². The molecule has 0 aromatic heterocycles. The molecule has 1 amide bonds. The molecular formula is C15H20BrFN2O. The summed E-state index contributed by atoms with van der Waals surface area (Å²) in [6, 6.07) is 5.21. The largest absolute Gasteiger partial charge is 0.325 e. The molecule has 0 saturated carbocycles. The molecule has 1 heterocycles. The van der Waals surface area contributed by atoms with Gasteiger partial charge in [-0.2, -0.15) is 0 Å². The maximum absolute atomic E-state index is 13.4. The summed E-state index contributed by atoms with van der Waals surface area (Å²) in [5.41, 5.74) is 0.488. The van der Waals surface area contributed by atoms with Crippen molar-refractivity contribution in [3.05, 3.63) is 28.5 Å². The average molecular weight is 343 g/mol. The number of anilines is 1. The van der Waals surface area contributed by atoms with Crippen LogP contribution < -0.4 is 5.32 Å². The summed E-state index contributed by atoms with van der Waals surface area (Å²) < 4.78 is 13.8. The van der Waals surface area contributed by atoms with Crippen LogP contribution in [0.15, 0.2) is 22.7 Å². The summed E-state index contributed by atoms with van der Waals surface area (Å²) >= 11 is 3.10. The second-order valence-corrected chi connectivity index (χ2v) is 6.37. The quantitative estimate of drug-likeness (QED) is 0.906. The minimum absolute atomic E-state index is 0.0904. The molecule has 5 heteroatoms. The normalized spacial score (nSPS) is 24.6. The second kappa shape index (κ2) is 6.22. The number of likely N-dealkylation sites (tertiary alicyclic amines) is 1. The van der Waals surface area contributed by atoms with Gasteiger partial charge < -0.3 is 5.32 Å². The molecule has 20 heavy (non-hydrogen) atoms. The monoisotopic (exact) mass is 342 g/mol. The number of rotatable bonds is 3. The van der Waals surface area contributed by atoms with Crippen LogP contribution in [0.5, 0.6) is 0 Å². The predicted molar refractivity (Wildman–Crippen MR) is 82.2 cm³/mol. The highest BCUT2D eigenvalue weighted by Gasteiger charge is 2.34. The van der Waals surface area contributed by atoms with Crippen LogP contribution >= 0.6 is 15.9 Å². The van der Waals surface area contributed by atoms with E-state index >= 15 is 0 Å². The van der Waals surface area contributed by atoms with Crippen LogP contribution in [0.25, 0.3) is 0 Å². The van der Waals surface area contributed by atoms with E-state index in [1.807, 2.05) is 6.92 Å². The highest BCUT2D eigenvalue weighted by atomic mass is 79.9. The average Bonchev–Trinajstić information content (AvgIpc) is 2.72. The molecule has 1 saturated heterocycles. The summed E-state index contributed by atoms with van der Waals surface area (Å²) in [7, 11) is 0. The van der Waals surface area contributed by atoms with Gasteiger partial charge in [-0.25, -0.2) is 4.39 Å². The van der Waals surface area contributed by atoms with Crippen molar-refractivity contribution in [2.75, 3.05) is 5.32 Å². The number of carbonyl (C=O) groups is 1. The fourth-order valence-electron chi connectivity index (χ4n) is 2.93. The smallest absolute Gasteiger partial charge is 0.241 e. The Kier molecular flexibility index (Phi) is 4.81. The first kappa shape index (κ1) is 15.4. The van der Waals surface area contributed by atoms with Crippen LogP contribution in [-0.2, 0) is 4.79 Å². The third-order valence-electron chi connectivity index (χ3n) is 4.03. The summed E-state index contributed by atoms with van der Waals surface area (Å²) in [5, 5.41) is 2.79. The van der Waals surface area contributed by atoms with Crippen LogP contribution in [-0.4, -0.2) is 28.9 Å². The zero-order valence-electron chi connectivity index (χ0n) is 12.0. The molecule has 3 unspecified atom stereocenters. The maximum Gasteiger partial charge on any atom is 0.241 e. The van der Waals surface area contributed by atoms with E-state index < -0.39 is 0 Å². The molecule has 110 valence electrons. The molecule has 3 atom stereocenters. The van der Waals surface area contributed by atoms with Crippen LogP contribution in [0.4, 0.5) is 10.1 Å². The molecule has 3 nitrogen and oxygen atoms in total. The van der Waals surface area contributed by atoms with Gasteiger partial charge in [-0.15, -0.1) is 0 Å². The first-order valence-corrected chi connectivity index (χ1v) is 7.72. The molecule has 2 rings (SSSR count).